The molecule has 4 nitrogen and oxygen atoms in total. The van der Waals surface area contributed by atoms with Crippen molar-refractivity contribution in [2.24, 2.45) is 5.92 Å². The molecule has 0 aliphatic carbocycles. The molecule has 150 valence electrons. The Kier molecular flexibility index (Phi) is 8.22. The molecule has 2 fully saturated rings. The molecule has 28 heavy (non-hydrogen) atoms. The molecular weight excluding hydrogens is 348 g/mol. The van der Waals surface area contributed by atoms with E-state index in [4.69, 9.17) is 0 Å². The average molecular weight is 381 g/mol. The van der Waals surface area contributed by atoms with Gasteiger partial charge in [0.25, 0.3) is 0 Å². The van der Waals surface area contributed by atoms with E-state index in [1.165, 1.54) is 11.1 Å². The third-order valence-electron chi connectivity index (χ3n) is 5.57. The van der Waals surface area contributed by atoms with Crippen LogP contribution in [0, 0.1) is 5.92 Å². The summed E-state index contributed by atoms with van der Waals surface area (Å²) < 4.78 is 0. The number of aliphatic hydroxyl groups is 1. The third kappa shape index (κ3) is 6.86. The highest BCUT2D eigenvalue weighted by atomic mass is 16.3. The molecule has 0 aromatic heterocycles. The lowest BCUT2D eigenvalue weighted by Crippen LogP contribution is -2.40. The van der Waals surface area contributed by atoms with Crippen molar-refractivity contribution >= 4 is 5.78 Å². The van der Waals surface area contributed by atoms with Gasteiger partial charge in [0.05, 0.1) is 6.10 Å². The Balaban J connectivity index is 0.000000161. The van der Waals surface area contributed by atoms with Crippen molar-refractivity contribution in [2.45, 2.75) is 38.3 Å². The number of piperidine rings is 2. The first-order chi connectivity index (χ1) is 13.7. The molecule has 2 aromatic carbocycles. The summed E-state index contributed by atoms with van der Waals surface area (Å²) in [6.45, 7) is 4.72. The van der Waals surface area contributed by atoms with Crippen molar-refractivity contribution < 1.29 is 9.90 Å². The maximum Gasteiger partial charge on any atom is 0.135 e. The fourth-order valence-electron chi connectivity index (χ4n) is 3.84. The quantitative estimate of drug-likeness (QED) is 0.856. The number of Topliss-reactive ketones (excluding diaryl/α,β-unsaturated/α-hetero) is 1. The minimum atomic E-state index is -0.128. The molecule has 0 radical (unpaired) electrons. The van der Waals surface area contributed by atoms with Gasteiger partial charge in [-0.1, -0.05) is 60.7 Å². The van der Waals surface area contributed by atoms with Crippen molar-refractivity contribution in [3.05, 3.63) is 71.8 Å². The molecule has 0 saturated carbocycles. The van der Waals surface area contributed by atoms with Crippen LogP contribution in [0.4, 0.5) is 0 Å². The molecule has 2 aliphatic rings. The number of likely N-dealkylation sites (tertiary alicyclic amines) is 1. The first-order valence-corrected chi connectivity index (χ1v) is 10.4. The number of aliphatic hydroxyl groups excluding tert-OH is 1. The summed E-state index contributed by atoms with van der Waals surface area (Å²) in [6, 6.07) is 20.8. The summed E-state index contributed by atoms with van der Waals surface area (Å²) >= 11 is 0. The Labute approximate surface area is 168 Å². The minimum Gasteiger partial charge on any atom is -0.393 e. The molecule has 0 spiro atoms. The van der Waals surface area contributed by atoms with Crippen LogP contribution in [0.25, 0.3) is 0 Å². The van der Waals surface area contributed by atoms with Crippen LogP contribution >= 0.6 is 0 Å². The van der Waals surface area contributed by atoms with Gasteiger partial charge in [-0.25, -0.2) is 0 Å². The fraction of sp³-hybridized carbons (Fsp3) is 0.458. The zero-order valence-corrected chi connectivity index (χ0v) is 16.6. The van der Waals surface area contributed by atoms with Crippen LogP contribution in [0.2, 0.25) is 0 Å². The number of carbonyl (C=O) groups excluding carboxylic acids is 1. The minimum absolute atomic E-state index is 0.128. The summed E-state index contributed by atoms with van der Waals surface area (Å²) in [5.41, 5.74) is 2.65. The fourth-order valence-corrected chi connectivity index (χ4v) is 3.84. The van der Waals surface area contributed by atoms with E-state index in [1.807, 2.05) is 12.1 Å². The zero-order valence-electron chi connectivity index (χ0n) is 16.6. The highest BCUT2D eigenvalue weighted by Crippen LogP contribution is 2.16. The van der Waals surface area contributed by atoms with Crippen LogP contribution in [-0.2, 0) is 17.8 Å². The van der Waals surface area contributed by atoms with Gasteiger partial charge < -0.3 is 10.4 Å². The van der Waals surface area contributed by atoms with Crippen LogP contribution in [-0.4, -0.2) is 48.1 Å². The number of carbonyl (C=O) groups is 1. The Hall–Kier alpha value is -2.01. The second-order valence-corrected chi connectivity index (χ2v) is 7.81. The van der Waals surface area contributed by atoms with Gasteiger partial charge in [0, 0.05) is 44.9 Å². The number of nitrogens with one attached hydrogen (secondary N) is 1. The van der Waals surface area contributed by atoms with Gasteiger partial charge in [0.1, 0.15) is 5.78 Å². The SMILES string of the molecule is O=C1CCN(Cc2ccccc2)CC1.OC1CCNCC1Cc1ccccc1. The van der Waals surface area contributed by atoms with Crippen LogP contribution < -0.4 is 5.32 Å². The Morgan fingerprint density at radius 1 is 0.929 bits per heavy atom. The lowest BCUT2D eigenvalue weighted by atomic mass is 9.90. The summed E-state index contributed by atoms with van der Waals surface area (Å²) in [5, 5.41) is 13.1. The molecule has 2 unspecified atom stereocenters. The van der Waals surface area contributed by atoms with Crippen molar-refractivity contribution in [1.29, 1.82) is 0 Å². The van der Waals surface area contributed by atoms with Crippen molar-refractivity contribution in [3.8, 4) is 0 Å². The lowest BCUT2D eigenvalue weighted by molar-refractivity contribution is -0.121. The molecule has 2 N–H and O–H groups in total. The number of hydrogen-bond donors (Lipinski definition) is 2. The number of nitrogens with zero attached hydrogens (tertiary/aromatic N) is 1. The van der Waals surface area contributed by atoms with E-state index < -0.39 is 0 Å². The van der Waals surface area contributed by atoms with Gasteiger partial charge in [0.2, 0.25) is 0 Å². The Morgan fingerprint density at radius 2 is 1.54 bits per heavy atom. The predicted octanol–water partition coefficient (Wildman–Crippen LogP) is 3.05. The normalized spacial score (nSPS) is 23.0. The van der Waals surface area contributed by atoms with Crippen molar-refractivity contribution in [1.82, 2.24) is 10.2 Å². The number of hydrogen-bond acceptors (Lipinski definition) is 4. The monoisotopic (exact) mass is 380 g/mol. The van der Waals surface area contributed by atoms with Gasteiger partial charge in [-0.2, -0.15) is 0 Å². The van der Waals surface area contributed by atoms with E-state index in [0.29, 0.717) is 11.7 Å². The summed E-state index contributed by atoms with van der Waals surface area (Å²) in [4.78, 5) is 13.4. The van der Waals surface area contributed by atoms with Gasteiger partial charge >= 0.3 is 0 Å². The standard InChI is InChI=1S/C12H15NO.C12H17NO/c14-12-6-8-13(9-7-12)10-11-4-2-1-3-5-11;14-12-6-7-13-9-11(12)8-10-4-2-1-3-5-10/h1-5H,6-10H2;1-5,11-14H,6-9H2. The molecule has 2 atom stereocenters. The number of ketones is 1. The lowest BCUT2D eigenvalue weighted by Gasteiger charge is -2.28. The predicted molar refractivity (Wildman–Crippen MR) is 113 cm³/mol. The molecule has 2 saturated heterocycles. The van der Waals surface area contributed by atoms with Crippen LogP contribution in [0.1, 0.15) is 30.4 Å². The maximum absolute atomic E-state index is 11.0. The van der Waals surface area contributed by atoms with Crippen LogP contribution in [0.15, 0.2) is 60.7 Å². The summed E-state index contributed by atoms with van der Waals surface area (Å²) in [6.07, 6.45) is 3.20. The second kappa shape index (κ2) is 11.1. The molecule has 4 rings (SSSR count). The van der Waals surface area contributed by atoms with Gasteiger partial charge in [0.15, 0.2) is 0 Å². The molecule has 2 aromatic rings. The first kappa shape index (κ1) is 20.7. The van der Waals surface area contributed by atoms with E-state index in [9.17, 15) is 9.90 Å². The summed E-state index contributed by atoms with van der Waals surface area (Å²) in [5.74, 6) is 0.792. The van der Waals surface area contributed by atoms with E-state index in [1.54, 1.807) is 0 Å². The van der Waals surface area contributed by atoms with Crippen molar-refractivity contribution in [3.63, 3.8) is 0 Å². The molecule has 4 heteroatoms. The van der Waals surface area contributed by atoms with E-state index in [2.05, 4.69) is 58.7 Å². The van der Waals surface area contributed by atoms with E-state index >= 15 is 0 Å². The highest BCUT2D eigenvalue weighted by Gasteiger charge is 2.22. The second-order valence-electron chi connectivity index (χ2n) is 7.81. The van der Waals surface area contributed by atoms with Crippen molar-refractivity contribution in [2.75, 3.05) is 26.2 Å². The van der Waals surface area contributed by atoms with Crippen LogP contribution in [0.5, 0.6) is 0 Å². The van der Waals surface area contributed by atoms with E-state index in [0.717, 1.165) is 58.4 Å². The number of rotatable bonds is 4. The third-order valence-corrected chi connectivity index (χ3v) is 5.57. The Morgan fingerprint density at radius 3 is 2.14 bits per heavy atom. The topological polar surface area (TPSA) is 52.6 Å². The van der Waals surface area contributed by atoms with Gasteiger partial charge in [-0.05, 0) is 30.5 Å². The molecule has 0 bridgehead atoms. The molecular formula is C24H32N2O2. The average Bonchev–Trinajstić information content (AvgIpc) is 2.74. The highest BCUT2D eigenvalue weighted by molar-refractivity contribution is 5.79. The zero-order chi connectivity index (χ0) is 19.6. The maximum atomic E-state index is 11.0. The molecule has 2 heterocycles. The first-order valence-electron chi connectivity index (χ1n) is 10.4. The van der Waals surface area contributed by atoms with E-state index in [-0.39, 0.29) is 6.10 Å². The largest absolute Gasteiger partial charge is 0.393 e. The van der Waals surface area contributed by atoms with Gasteiger partial charge in [-0.3, -0.25) is 9.69 Å². The van der Waals surface area contributed by atoms with Crippen LogP contribution in [0.3, 0.4) is 0 Å². The Bertz CT molecular complexity index is 695. The molecule has 2 aliphatic heterocycles. The smallest absolute Gasteiger partial charge is 0.135 e. The number of benzene rings is 2. The van der Waals surface area contributed by atoms with Gasteiger partial charge in [-0.15, -0.1) is 0 Å². The summed E-state index contributed by atoms with van der Waals surface area (Å²) in [7, 11) is 0. The molecule has 0 amide bonds.